The average molecular weight is 305 g/mol. The number of amides is 1. The lowest BCUT2D eigenvalue weighted by atomic mass is 10.00. The smallest absolute Gasteiger partial charge is 0.269 e. The van der Waals surface area contributed by atoms with Gasteiger partial charge in [0.15, 0.2) is 0 Å². The van der Waals surface area contributed by atoms with E-state index in [9.17, 15) is 14.9 Å². The number of hydrogen-bond donors (Lipinski definition) is 1. The molecule has 6 heteroatoms. The van der Waals surface area contributed by atoms with E-state index in [1.54, 1.807) is 12.1 Å². The first-order chi connectivity index (χ1) is 10.6. The molecule has 1 saturated heterocycles. The number of carbonyl (C=O) groups excluding carboxylic acids is 1. The molecule has 6 nitrogen and oxygen atoms in total. The van der Waals surface area contributed by atoms with Gasteiger partial charge in [0, 0.05) is 43.9 Å². The molecule has 1 atom stereocenters. The first-order valence-corrected chi connectivity index (χ1v) is 7.82. The Kier molecular flexibility index (Phi) is 5.75. The molecule has 1 fully saturated rings. The van der Waals surface area contributed by atoms with Crippen LogP contribution in [0.1, 0.15) is 32.6 Å². The maximum absolute atomic E-state index is 12.1. The molecule has 0 radical (unpaired) electrons. The highest BCUT2D eigenvalue weighted by Gasteiger charge is 2.20. The lowest BCUT2D eigenvalue weighted by Crippen LogP contribution is -2.39. The first-order valence-electron chi connectivity index (χ1n) is 7.82. The maximum Gasteiger partial charge on any atom is 0.269 e. The molecule has 22 heavy (non-hydrogen) atoms. The van der Waals surface area contributed by atoms with E-state index in [4.69, 9.17) is 0 Å². The second-order valence-electron chi connectivity index (χ2n) is 5.92. The molecule has 120 valence electrons. The van der Waals surface area contributed by atoms with Crippen LogP contribution in [-0.4, -0.2) is 35.4 Å². The second-order valence-corrected chi connectivity index (χ2v) is 5.92. The maximum atomic E-state index is 12.1. The largest absolute Gasteiger partial charge is 0.385 e. The summed E-state index contributed by atoms with van der Waals surface area (Å²) in [6.45, 7) is 4.65. The summed E-state index contributed by atoms with van der Waals surface area (Å²) in [4.78, 5) is 24.2. The van der Waals surface area contributed by atoms with Crippen molar-refractivity contribution < 1.29 is 9.72 Å². The van der Waals surface area contributed by atoms with Crippen LogP contribution < -0.4 is 5.32 Å². The van der Waals surface area contributed by atoms with E-state index in [1.807, 2.05) is 4.90 Å². The number of nitro benzene ring substituents is 1. The third-order valence-corrected chi connectivity index (χ3v) is 3.98. The molecule has 2 rings (SSSR count). The number of anilines is 1. The SMILES string of the molecule is CC1CCCN(C(=O)CCCNc2ccc([N+](=O)[O-])cc2)C1. The van der Waals surface area contributed by atoms with Crippen LogP contribution in [0.5, 0.6) is 0 Å². The summed E-state index contributed by atoms with van der Waals surface area (Å²) in [5.74, 6) is 0.841. The fourth-order valence-electron chi connectivity index (χ4n) is 2.75. The number of likely N-dealkylation sites (tertiary alicyclic amines) is 1. The van der Waals surface area contributed by atoms with E-state index in [0.29, 0.717) is 18.9 Å². The van der Waals surface area contributed by atoms with E-state index in [2.05, 4.69) is 12.2 Å². The minimum atomic E-state index is -0.415. The van der Waals surface area contributed by atoms with Crippen LogP contribution >= 0.6 is 0 Å². The Morgan fingerprint density at radius 1 is 1.41 bits per heavy atom. The highest BCUT2D eigenvalue weighted by atomic mass is 16.6. The molecule has 1 aromatic rings. The Bertz CT molecular complexity index is 516. The van der Waals surface area contributed by atoms with Gasteiger partial charge in [-0.3, -0.25) is 14.9 Å². The third kappa shape index (κ3) is 4.72. The van der Waals surface area contributed by atoms with Crippen LogP contribution in [0, 0.1) is 16.0 Å². The molecule has 0 spiro atoms. The summed E-state index contributed by atoms with van der Waals surface area (Å²) in [5.41, 5.74) is 0.921. The van der Waals surface area contributed by atoms with Crippen molar-refractivity contribution in [3.8, 4) is 0 Å². The van der Waals surface area contributed by atoms with E-state index >= 15 is 0 Å². The van der Waals surface area contributed by atoms with E-state index in [1.165, 1.54) is 18.6 Å². The quantitative estimate of drug-likeness (QED) is 0.498. The van der Waals surface area contributed by atoms with E-state index in [-0.39, 0.29) is 11.6 Å². The van der Waals surface area contributed by atoms with Crippen LogP contribution in [0.4, 0.5) is 11.4 Å². The summed E-state index contributed by atoms with van der Waals surface area (Å²) >= 11 is 0. The van der Waals surface area contributed by atoms with Gasteiger partial charge in [-0.2, -0.15) is 0 Å². The Hall–Kier alpha value is -2.11. The number of benzene rings is 1. The van der Waals surface area contributed by atoms with Crippen LogP contribution in [0.3, 0.4) is 0 Å². The number of carbonyl (C=O) groups is 1. The molecule has 0 aromatic heterocycles. The fraction of sp³-hybridized carbons (Fsp3) is 0.562. The van der Waals surface area contributed by atoms with E-state index < -0.39 is 4.92 Å². The Morgan fingerprint density at radius 3 is 2.77 bits per heavy atom. The summed E-state index contributed by atoms with van der Waals surface area (Å²) in [5, 5.41) is 13.7. The van der Waals surface area contributed by atoms with Crippen LogP contribution in [-0.2, 0) is 4.79 Å². The van der Waals surface area contributed by atoms with Crippen LogP contribution in [0.2, 0.25) is 0 Å². The van der Waals surface area contributed by atoms with Crippen LogP contribution in [0.25, 0.3) is 0 Å². The van der Waals surface area contributed by atoms with Crippen molar-refractivity contribution in [1.29, 1.82) is 0 Å². The van der Waals surface area contributed by atoms with Crippen LogP contribution in [0.15, 0.2) is 24.3 Å². The van der Waals surface area contributed by atoms with Gasteiger partial charge in [0.2, 0.25) is 5.91 Å². The van der Waals surface area contributed by atoms with Gasteiger partial charge in [0.1, 0.15) is 0 Å². The van der Waals surface area contributed by atoms with Gasteiger partial charge in [-0.15, -0.1) is 0 Å². The normalized spacial score (nSPS) is 18.0. The topological polar surface area (TPSA) is 75.5 Å². The molecule has 1 aromatic carbocycles. The second kappa shape index (κ2) is 7.77. The Morgan fingerprint density at radius 2 is 2.14 bits per heavy atom. The summed E-state index contributed by atoms with van der Waals surface area (Å²) in [6, 6.07) is 6.32. The standard InChI is InChI=1S/C16H23N3O3/c1-13-4-3-11-18(12-13)16(20)5-2-10-17-14-6-8-15(9-7-14)19(21)22/h6-9,13,17H,2-5,10-12H2,1H3. The highest BCUT2D eigenvalue weighted by Crippen LogP contribution is 2.17. The number of rotatable bonds is 6. The number of nitro groups is 1. The van der Waals surface area contributed by atoms with Crippen molar-refractivity contribution in [1.82, 2.24) is 4.90 Å². The molecule has 0 aliphatic carbocycles. The molecule has 1 heterocycles. The zero-order valence-electron chi connectivity index (χ0n) is 13.0. The van der Waals surface area contributed by atoms with Crippen molar-refractivity contribution in [2.75, 3.05) is 25.0 Å². The van der Waals surface area contributed by atoms with E-state index in [0.717, 1.165) is 31.6 Å². The Labute approximate surface area is 130 Å². The number of nitrogens with one attached hydrogen (secondary N) is 1. The molecule has 1 aliphatic heterocycles. The summed E-state index contributed by atoms with van der Waals surface area (Å²) in [6.07, 6.45) is 3.63. The van der Waals surface area contributed by atoms with Crippen molar-refractivity contribution in [2.24, 2.45) is 5.92 Å². The molecule has 0 bridgehead atoms. The Balaban J connectivity index is 1.68. The van der Waals surface area contributed by atoms with Gasteiger partial charge < -0.3 is 10.2 Å². The first kappa shape index (κ1) is 16.3. The molecule has 1 N–H and O–H groups in total. The number of piperidine rings is 1. The molecule has 0 saturated carbocycles. The van der Waals surface area contributed by atoms with Gasteiger partial charge in [0.05, 0.1) is 4.92 Å². The average Bonchev–Trinajstić information content (AvgIpc) is 2.51. The lowest BCUT2D eigenvalue weighted by molar-refractivity contribution is -0.384. The van der Waals surface area contributed by atoms with Gasteiger partial charge in [-0.05, 0) is 37.3 Å². The monoisotopic (exact) mass is 305 g/mol. The fourth-order valence-corrected chi connectivity index (χ4v) is 2.75. The van der Waals surface area contributed by atoms with Crippen molar-refractivity contribution in [2.45, 2.75) is 32.6 Å². The molecule has 1 aliphatic rings. The molecular formula is C16H23N3O3. The molecule has 1 unspecified atom stereocenters. The number of nitrogens with zero attached hydrogens (tertiary/aromatic N) is 2. The minimum Gasteiger partial charge on any atom is -0.385 e. The van der Waals surface area contributed by atoms with Crippen molar-refractivity contribution in [3.63, 3.8) is 0 Å². The van der Waals surface area contributed by atoms with Gasteiger partial charge in [-0.1, -0.05) is 6.92 Å². The minimum absolute atomic E-state index is 0.0833. The number of hydrogen-bond acceptors (Lipinski definition) is 4. The predicted molar refractivity (Wildman–Crippen MR) is 85.8 cm³/mol. The summed E-state index contributed by atoms with van der Waals surface area (Å²) < 4.78 is 0. The zero-order chi connectivity index (χ0) is 15.9. The van der Waals surface area contributed by atoms with Gasteiger partial charge in [0.25, 0.3) is 5.69 Å². The van der Waals surface area contributed by atoms with Crippen molar-refractivity contribution in [3.05, 3.63) is 34.4 Å². The highest BCUT2D eigenvalue weighted by molar-refractivity contribution is 5.76. The lowest BCUT2D eigenvalue weighted by Gasteiger charge is -2.31. The summed E-state index contributed by atoms with van der Waals surface area (Å²) in [7, 11) is 0. The van der Waals surface area contributed by atoms with Gasteiger partial charge in [-0.25, -0.2) is 0 Å². The molecule has 1 amide bonds. The predicted octanol–water partition coefficient (Wildman–Crippen LogP) is 3.05. The number of non-ortho nitro benzene ring substituents is 1. The van der Waals surface area contributed by atoms with Crippen molar-refractivity contribution >= 4 is 17.3 Å². The third-order valence-electron chi connectivity index (χ3n) is 3.98. The molecular weight excluding hydrogens is 282 g/mol. The zero-order valence-corrected chi connectivity index (χ0v) is 13.0. The van der Waals surface area contributed by atoms with Gasteiger partial charge >= 0.3 is 0 Å².